The summed E-state index contributed by atoms with van der Waals surface area (Å²) in [4.78, 5) is 13.0. The van der Waals surface area contributed by atoms with Gasteiger partial charge in [-0.25, -0.2) is 4.79 Å². The van der Waals surface area contributed by atoms with Gasteiger partial charge in [0.2, 0.25) is 0 Å². The molecule has 3 heteroatoms. The molecule has 1 heterocycles. The van der Waals surface area contributed by atoms with E-state index < -0.39 is 5.97 Å². The van der Waals surface area contributed by atoms with Gasteiger partial charge in [-0.3, -0.25) is 0 Å². The molecular weight excluding hydrogens is 202 g/mol. The Morgan fingerprint density at radius 1 is 1.44 bits per heavy atom. The van der Waals surface area contributed by atoms with Crippen molar-refractivity contribution in [3.05, 3.63) is 35.4 Å². The van der Waals surface area contributed by atoms with Crippen LogP contribution in [0.4, 0.5) is 0 Å². The van der Waals surface area contributed by atoms with E-state index in [1.807, 2.05) is 12.1 Å². The lowest BCUT2D eigenvalue weighted by molar-refractivity contribution is 0.0697. The van der Waals surface area contributed by atoms with Gasteiger partial charge in [-0.2, -0.15) is 0 Å². The molecule has 0 bridgehead atoms. The fourth-order valence-corrected chi connectivity index (χ4v) is 2.31. The lowest BCUT2D eigenvalue weighted by atomic mass is 9.98. The van der Waals surface area contributed by atoms with Crippen LogP contribution in [0.3, 0.4) is 0 Å². The SMILES string of the molecule is CN1CCC(Cc2ccc(C(=O)O)cc2)C1. The smallest absolute Gasteiger partial charge is 0.335 e. The van der Waals surface area contributed by atoms with Crippen LogP contribution in [-0.2, 0) is 6.42 Å². The van der Waals surface area contributed by atoms with Gasteiger partial charge >= 0.3 is 5.97 Å². The number of carbonyl (C=O) groups is 1. The molecule has 86 valence electrons. The van der Waals surface area contributed by atoms with E-state index in [1.165, 1.54) is 18.5 Å². The maximum atomic E-state index is 10.7. The van der Waals surface area contributed by atoms with E-state index in [-0.39, 0.29) is 0 Å². The summed E-state index contributed by atoms with van der Waals surface area (Å²) < 4.78 is 0. The maximum absolute atomic E-state index is 10.7. The van der Waals surface area contributed by atoms with Crippen molar-refractivity contribution in [3.63, 3.8) is 0 Å². The average Bonchev–Trinajstić information content (AvgIpc) is 2.65. The number of likely N-dealkylation sites (tertiary alicyclic amines) is 1. The molecule has 2 rings (SSSR count). The molecule has 3 nitrogen and oxygen atoms in total. The molecule has 1 unspecified atom stereocenters. The molecule has 0 spiro atoms. The van der Waals surface area contributed by atoms with E-state index >= 15 is 0 Å². The molecule has 0 amide bonds. The number of aromatic carboxylic acids is 1. The first-order chi connectivity index (χ1) is 7.65. The number of hydrogen-bond donors (Lipinski definition) is 1. The minimum atomic E-state index is -0.854. The van der Waals surface area contributed by atoms with Crippen LogP contribution in [0.15, 0.2) is 24.3 Å². The summed E-state index contributed by atoms with van der Waals surface area (Å²) >= 11 is 0. The lowest BCUT2D eigenvalue weighted by Gasteiger charge is -2.10. The predicted octanol–water partition coefficient (Wildman–Crippen LogP) is 1.88. The van der Waals surface area contributed by atoms with Crippen molar-refractivity contribution in [2.75, 3.05) is 20.1 Å². The number of hydrogen-bond acceptors (Lipinski definition) is 2. The van der Waals surface area contributed by atoms with Gasteiger partial charge < -0.3 is 10.0 Å². The Hall–Kier alpha value is -1.35. The third-order valence-electron chi connectivity index (χ3n) is 3.21. The van der Waals surface area contributed by atoms with E-state index in [1.54, 1.807) is 12.1 Å². The highest BCUT2D eigenvalue weighted by molar-refractivity contribution is 5.87. The molecule has 1 atom stereocenters. The van der Waals surface area contributed by atoms with Gasteiger partial charge in [-0.15, -0.1) is 0 Å². The van der Waals surface area contributed by atoms with Crippen molar-refractivity contribution in [1.82, 2.24) is 4.90 Å². The number of nitrogens with zero attached hydrogens (tertiary/aromatic N) is 1. The fraction of sp³-hybridized carbons (Fsp3) is 0.462. The van der Waals surface area contributed by atoms with Crippen LogP contribution < -0.4 is 0 Å². The molecule has 1 aromatic carbocycles. The second-order valence-corrected chi connectivity index (χ2v) is 4.62. The average molecular weight is 219 g/mol. The summed E-state index contributed by atoms with van der Waals surface area (Å²) in [6.07, 6.45) is 2.31. The van der Waals surface area contributed by atoms with Crippen LogP contribution in [0.5, 0.6) is 0 Å². The molecule has 0 aliphatic carbocycles. The summed E-state index contributed by atoms with van der Waals surface area (Å²) in [5.41, 5.74) is 1.61. The Labute approximate surface area is 95.7 Å². The number of carboxylic acids is 1. The molecule has 1 aliphatic heterocycles. The number of benzene rings is 1. The Morgan fingerprint density at radius 2 is 2.12 bits per heavy atom. The highest BCUT2D eigenvalue weighted by atomic mass is 16.4. The first kappa shape index (κ1) is 11.1. The molecular formula is C13H17NO2. The minimum Gasteiger partial charge on any atom is -0.478 e. The van der Waals surface area contributed by atoms with Gasteiger partial charge in [0.05, 0.1) is 5.56 Å². The topological polar surface area (TPSA) is 40.5 Å². The second-order valence-electron chi connectivity index (χ2n) is 4.62. The van der Waals surface area contributed by atoms with E-state index in [2.05, 4.69) is 11.9 Å². The molecule has 0 radical (unpaired) electrons. The van der Waals surface area contributed by atoms with Gasteiger partial charge in [0.1, 0.15) is 0 Å². The Morgan fingerprint density at radius 3 is 2.62 bits per heavy atom. The van der Waals surface area contributed by atoms with E-state index in [4.69, 9.17) is 5.11 Å². The summed E-state index contributed by atoms with van der Waals surface area (Å²) in [6.45, 7) is 2.33. The standard InChI is InChI=1S/C13H17NO2/c1-14-7-6-11(9-14)8-10-2-4-12(5-3-10)13(15)16/h2-5,11H,6-9H2,1H3,(H,15,16). The van der Waals surface area contributed by atoms with E-state index in [0.29, 0.717) is 5.56 Å². The van der Waals surface area contributed by atoms with Gasteiger partial charge in [-0.05, 0) is 50.0 Å². The van der Waals surface area contributed by atoms with Crippen molar-refractivity contribution in [2.45, 2.75) is 12.8 Å². The third kappa shape index (κ3) is 2.61. The Balaban J connectivity index is 1.97. The lowest BCUT2D eigenvalue weighted by Crippen LogP contribution is -2.15. The molecule has 1 aliphatic rings. The molecule has 1 N–H and O–H groups in total. The van der Waals surface area contributed by atoms with E-state index in [9.17, 15) is 4.79 Å². The zero-order valence-electron chi connectivity index (χ0n) is 9.52. The third-order valence-corrected chi connectivity index (χ3v) is 3.21. The summed E-state index contributed by atoms with van der Waals surface area (Å²) in [5.74, 6) is -0.132. The zero-order chi connectivity index (χ0) is 11.5. The second kappa shape index (κ2) is 4.66. The van der Waals surface area contributed by atoms with Crippen LogP contribution >= 0.6 is 0 Å². The maximum Gasteiger partial charge on any atom is 0.335 e. The summed E-state index contributed by atoms with van der Waals surface area (Å²) in [5, 5.41) is 8.79. The number of rotatable bonds is 3. The van der Waals surface area contributed by atoms with Crippen molar-refractivity contribution < 1.29 is 9.90 Å². The van der Waals surface area contributed by atoms with Crippen LogP contribution in [0.25, 0.3) is 0 Å². The first-order valence-electron chi connectivity index (χ1n) is 5.66. The highest BCUT2D eigenvalue weighted by Crippen LogP contribution is 2.19. The largest absolute Gasteiger partial charge is 0.478 e. The van der Waals surface area contributed by atoms with Gasteiger partial charge in [0.15, 0.2) is 0 Å². The predicted molar refractivity (Wildman–Crippen MR) is 62.7 cm³/mol. The monoisotopic (exact) mass is 219 g/mol. The van der Waals surface area contributed by atoms with Gasteiger partial charge in [0.25, 0.3) is 0 Å². The highest BCUT2D eigenvalue weighted by Gasteiger charge is 2.19. The van der Waals surface area contributed by atoms with E-state index in [0.717, 1.165) is 18.9 Å². The zero-order valence-corrected chi connectivity index (χ0v) is 9.52. The molecule has 16 heavy (non-hydrogen) atoms. The van der Waals surface area contributed by atoms with Gasteiger partial charge in [-0.1, -0.05) is 12.1 Å². The molecule has 1 fully saturated rings. The summed E-state index contributed by atoms with van der Waals surface area (Å²) in [7, 11) is 2.15. The van der Waals surface area contributed by atoms with Crippen LogP contribution in [0.1, 0.15) is 22.3 Å². The van der Waals surface area contributed by atoms with Gasteiger partial charge in [0, 0.05) is 6.54 Å². The quantitative estimate of drug-likeness (QED) is 0.843. The van der Waals surface area contributed by atoms with Crippen molar-refractivity contribution >= 4 is 5.97 Å². The van der Waals surface area contributed by atoms with Crippen molar-refractivity contribution in [2.24, 2.45) is 5.92 Å². The number of carboxylic acid groups (broad SMARTS) is 1. The molecule has 0 saturated carbocycles. The van der Waals surface area contributed by atoms with Crippen LogP contribution in [0.2, 0.25) is 0 Å². The fourth-order valence-electron chi connectivity index (χ4n) is 2.31. The molecule has 0 aromatic heterocycles. The Kier molecular flexibility index (Phi) is 3.25. The Bertz CT molecular complexity index is 372. The van der Waals surface area contributed by atoms with Crippen LogP contribution in [0, 0.1) is 5.92 Å². The van der Waals surface area contributed by atoms with Crippen molar-refractivity contribution in [1.29, 1.82) is 0 Å². The molecule has 1 saturated heterocycles. The van der Waals surface area contributed by atoms with Crippen LogP contribution in [-0.4, -0.2) is 36.1 Å². The summed E-state index contributed by atoms with van der Waals surface area (Å²) in [6, 6.07) is 7.25. The normalized spacial score (nSPS) is 21.2. The first-order valence-corrected chi connectivity index (χ1v) is 5.66. The molecule has 1 aromatic rings. The minimum absolute atomic E-state index is 0.368. The van der Waals surface area contributed by atoms with Crippen molar-refractivity contribution in [3.8, 4) is 0 Å².